The highest BCUT2D eigenvalue weighted by Gasteiger charge is 2.17. The van der Waals surface area contributed by atoms with E-state index in [1.165, 1.54) is 11.8 Å². The van der Waals surface area contributed by atoms with Crippen LogP contribution in [-0.2, 0) is 4.79 Å². The lowest BCUT2D eigenvalue weighted by Gasteiger charge is -2.11. The molecule has 4 rings (SSSR count). The Balaban J connectivity index is 1.58. The number of amides is 1. The van der Waals surface area contributed by atoms with Crippen LogP contribution in [0.5, 0.6) is 5.75 Å². The Labute approximate surface area is 185 Å². The maximum absolute atomic E-state index is 12.6. The van der Waals surface area contributed by atoms with Crippen molar-refractivity contribution < 1.29 is 9.90 Å². The Morgan fingerprint density at radius 1 is 1.00 bits per heavy atom. The molecule has 0 saturated carbocycles. The largest absolute Gasteiger partial charge is 0.508 e. The molecule has 1 aromatic heterocycles. The molecule has 4 aromatic rings. The standard InChI is InChI=1S/C24H22N4O2S/c1-16-8-13-21(17(2)14-16)25-22(30)15-31-24-27-26-23(18-9-11-20(29)12-10-18)28(24)19-6-4-3-5-7-19/h3-14,29H,15H2,1-2H3,(H,25,30). The van der Waals surface area contributed by atoms with Gasteiger partial charge in [0.2, 0.25) is 5.91 Å². The number of nitrogens with one attached hydrogen (secondary N) is 1. The number of hydrogen-bond acceptors (Lipinski definition) is 5. The number of carbonyl (C=O) groups excluding carboxylic acids is 1. The van der Waals surface area contributed by atoms with E-state index in [0.717, 1.165) is 28.1 Å². The van der Waals surface area contributed by atoms with Gasteiger partial charge in [-0.05, 0) is 61.9 Å². The average molecular weight is 431 g/mol. The summed E-state index contributed by atoms with van der Waals surface area (Å²) in [6, 6.07) is 22.5. The number of phenolic OH excluding ortho intramolecular Hbond substituents is 1. The van der Waals surface area contributed by atoms with Gasteiger partial charge in [-0.3, -0.25) is 9.36 Å². The maximum atomic E-state index is 12.6. The molecule has 0 bridgehead atoms. The molecule has 31 heavy (non-hydrogen) atoms. The molecule has 0 radical (unpaired) electrons. The monoisotopic (exact) mass is 430 g/mol. The normalized spacial score (nSPS) is 10.8. The predicted octanol–water partition coefficient (Wildman–Crippen LogP) is 4.99. The minimum absolute atomic E-state index is 0.106. The fourth-order valence-electron chi connectivity index (χ4n) is 3.24. The van der Waals surface area contributed by atoms with Crippen molar-refractivity contribution in [1.29, 1.82) is 0 Å². The number of aryl methyl sites for hydroxylation is 2. The quantitative estimate of drug-likeness (QED) is 0.421. The van der Waals surface area contributed by atoms with Gasteiger partial charge in [-0.2, -0.15) is 0 Å². The summed E-state index contributed by atoms with van der Waals surface area (Å²) in [7, 11) is 0. The molecule has 0 spiro atoms. The van der Waals surface area contributed by atoms with Gasteiger partial charge in [-0.25, -0.2) is 0 Å². The van der Waals surface area contributed by atoms with Crippen LogP contribution >= 0.6 is 11.8 Å². The number of rotatable bonds is 6. The molecule has 7 heteroatoms. The SMILES string of the molecule is Cc1ccc(NC(=O)CSc2nnc(-c3ccc(O)cc3)n2-c2ccccc2)c(C)c1. The molecule has 0 saturated heterocycles. The molecule has 0 aliphatic carbocycles. The molecule has 1 amide bonds. The van der Waals surface area contributed by atoms with Gasteiger partial charge in [0.15, 0.2) is 11.0 Å². The van der Waals surface area contributed by atoms with Crippen LogP contribution in [0.3, 0.4) is 0 Å². The third-order valence-electron chi connectivity index (χ3n) is 4.76. The number of aromatic nitrogens is 3. The minimum Gasteiger partial charge on any atom is -0.508 e. The van der Waals surface area contributed by atoms with Crippen molar-refractivity contribution in [2.75, 3.05) is 11.1 Å². The number of nitrogens with zero attached hydrogens (tertiary/aromatic N) is 3. The first-order valence-electron chi connectivity index (χ1n) is 9.81. The van der Waals surface area contributed by atoms with Crippen molar-refractivity contribution in [2.45, 2.75) is 19.0 Å². The lowest BCUT2D eigenvalue weighted by atomic mass is 10.1. The molecular formula is C24H22N4O2S. The van der Waals surface area contributed by atoms with Gasteiger partial charge in [0.05, 0.1) is 5.75 Å². The third kappa shape index (κ3) is 4.78. The van der Waals surface area contributed by atoms with E-state index in [-0.39, 0.29) is 17.4 Å². The third-order valence-corrected chi connectivity index (χ3v) is 5.69. The van der Waals surface area contributed by atoms with Crippen LogP contribution in [0.25, 0.3) is 17.1 Å². The van der Waals surface area contributed by atoms with E-state index in [1.54, 1.807) is 24.3 Å². The summed E-state index contributed by atoms with van der Waals surface area (Å²) >= 11 is 1.32. The van der Waals surface area contributed by atoms with Crippen LogP contribution in [0, 0.1) is 13.8 Å². The van der Waals surface area contributed by atoms with Crippen LogP contribution < -0.4 is 5.32 Å². The van der Waals surface area contributed by atoms with Gasteiger partial charge >= 0.3 is 0 Å². The zero-order valence-electron chi connectivity index (χ0n) is 17.2. The lowest BCUT2D eigenvalue weighted by Crippen LogP contribution is -2.15. The second-order valence-electron chi connectivity index (χ2n) is 7.18. The van der Waals surface area contributed by atoms with Crippen LogP contribution in [0.15, 0.2) is 78.0 Å². The fourth-order valence-corrected chi connectivity index (χ4v) is 3.99. The number of phenols is 1. The van der Waals surface area contributed by atoms with E-state index < -0.39 is 0 Å². The van der Waals surface area contributed by atoms with Crippen molar-refractivity contribution in [3.63, 3.8) is 0 Å². The van der Waals surface area contributed by atoms with Crippen LogP contribution in [0.1, 0.15) is 11.1 Å². The van der Waals surface area contributed by atoms with Crippen molar-refractivity contribution >= 4 is 23.4 Å². The summed E-state index contributed by atoms with van der Waals surface area (Å²) in [4.78, 5) is 12.6. The molecule has 1 heterocycles. The Kier molecular flexibility index (Phi) is 6.04. The summed E-state index contributed by atoms with van der Waals surface area (Å²) < 4.78 is 1.92. The highest BCUT2D eigenvalue weighted by Crippen LogP contribution is 2.29. The molecule has 3 aromatic carbocycles. The summed E-state index contributed by atoms with van der Waals surface area (Å²) in [5, 5.41) is 21.9. The summed E-state index contributed by atoms with van der Waals surface area (Å²) in [5.41, 5.74) is 4.71. The van der Waals surface area contributed by atoms with E-state index in [4.69, 9.17) is 0 Å². The number of thioether (sulfide) groups is 1. The highest BCUT2D eigenvalue weighted by molar-refractivity contribution is 7.99. The average Bonchev–Trinajstić information content (AvgIpc) is 3.19. The maximum Gasteiger partial charge on any atom is 0.234 e. The minimum atomic E-state index is -0.106. The Morgan fingerprint density at radius 3 is 2.45 bits per heavy atom. The zero-order chi connectivity index (χ0) is 21.8. The molecule has 0 aliphatic heterocycles. The smallest absolute Gasteiger partial charge is 0.234 e. The summed E-state index contributed by atoms with van der Waals surface area (Å²) in [5.74, 6) is 0.926. The van der Waals surface area contributed by atoms with Gasteiger partial charge in [0.25, 0.3) is 0 Å². The van der Waals surface area contributed by atoms with Gasteiger partial charge in [0.1, 0.15) is 5.75 Å². The van der Waals surface area contributed by atoms with Crippen LogP contribution in [-0.4, -0.2) is 31.5 Å². The Bertz CT molecular complexity index is 1200. The molecular weight excluding hydrogens is 408 g/mol. The number of hydrogen-bond donors (Lipinski definition) is 2. The second kappa shape index (κ2) is 9.06. The van der Waals surface area contributed by atoms with Crippen molar-refractivity contribution in [3.8, 4) is 22.8 Å². The number of carbonyl (C=O) groups is 1. The zero-order valence-corrected chi connectivity index (χ0v) is 18.1. The fraction of sp³-hybridized carbons (Fsp3) is 0.125. The number of para-hydroxylation sites is 1. The Hall–Kier alpha value is -3.58. The highest BCUT2D eigenvalue weighted by atomic mass is 32.2. The number of benzene rings is 3. The molecule has 0 fully saturated rings. The first kappa shape index (κ1) is 20.7. The lowest BCUT2D eigenvalue weighted by molar-refractivity contribution is -0.113. The number of aromatic hydroxyl groups is 1. The van der Waals surface area contributed by atoms with E-state index >= 15 is 0 Å². The van der Waals surface area contributed by atoms with Crippen molar-refractivity contribution in [1.82, 2.24) is 14.8 Å². The molecule has 156 valence electrons. The second-order valence-corrected chi connectivity index (χ2v) is 8.12. The number of anilines is 1. The van der Waals surface area contributed by atoms with Crippen LogP contribution in [0.2, 0.25) is 0 Å². The van der Waals surface area contributed by atoms with Gasteiger partial charge in [-0.15, -0.1) is 10.2 Å². The molecule has 2 N–H and O–H groups in total. The Morgan fingerprint density at radius 2 is 1.74 bits per heavy atom. The van der Waals surface area contributed by atoms with Crippen molar-refractivity contribution in [3.05, 3.63) is 83.9 Å². The van der Waals surface area contributed by atoms with Gasteiger partial charge in [-0.1, -0.05) is 47.7 Å². The molecule has 0 unspecified atom stereocenters. The first-order chi connectivity index (χ1) is 15.0. The van der Waals surface area contributed by atoms with E-state index in [1.807, 2.05) is 66.9 Å². The van der Waals surface area contributed by atoms with Crippen molar-refractivity contribution in [2.24, 2.45) is 0 Å². The summed E-state index contributed by atoms with van der Waals surface area (Å²) in [6.07, 6.45) is 0. The van der Waals surface area contributed by atoms with Gasteiger partial charge < -0.3 is 10.4 Å². The van der Waals surface area contributed by atoms with E-state index in [0.29, 0.717) is 11.0 Å². The summed E-state index contributed by atoms with van der Waals surface area (Å²) in [6.45, 7) is 4.00. The van der Waals surface area contributed by atoms with E-state index in [2.05, 4.69) is 15.5 Å². The molecule has 0 atom stereocenters. The van der Waals surface area contributed by atoms with E-state index in [9.17, 15) is 9.90 Å². The molecule has 0 aliphatic rings. The van der Waals surface area contributed by atoms with Gasteiger partial charge in [0, 0.05) is 16.9 Å². The first-order valence-corrected chi connectivity index (χ1v) is 10.8. The van der Waals surface area contributed by atoms with Crippen LogP contribution in [0.4, 0.5) is 5.69 Å². The molecule has 6 nitrogen and oxygen atoms in total. The predicted molar refractivity (Wildman–Crippen MR) is 124 cm³/mol. The topological polar surface area (TPSA) is 80.0 Å².